The van der Waals surface area contributed by atoms with Gasteiger partial charge in [-0.25, -0.2) is 9.78 Å². The predicted octanol–water partition coefficient (Wildman–Crippen LogP) is 4.74. The van der Waals surface area contributed by atoms with Crippen LogP contribution >= 0.6 is 22.9 Å². The van der Waals surface area contributed by atoms with Gasteiger partial charge in [-0.3, -0.25) is 4.79 Å². The molecule has 0 radical (unpaired) electrons. The lowest BCUT2D eigenvalue weighted by molar-refractivity contribution is 0.0592. The fourth-order valence-corrected chi connectivity index (χ4v) is 4.83. The van der Waals surface area contributed by atoms with E-state index in [1.165, 1.54) is 11.3 Å². The molecule has 0 aliphatic carbocycles. The summed E-state index contributed by atoms with van der Waals surface area (Å²) < 4.78 is 12.3. The molecule has 152 valence electrons. The second-order valence-corrected chi connectivity index (χ2v) is 8.56. The summed E-state index contributed by atoms with van der Waals surface area (Å²) in [7, 11) is 0. The van der Waals surface area contributed by atoms with Gasteiger partial charge in [0.15, 0.2) is 0 Å². The molecule has 1 aliphatic heterocycles. The number of fused-ring (bicyclic) bond motifs is 2. The fourth-order valence-electron chi connectivity index (χ4n) is 3.65. The molecule has 0 atom stereocenters. The Morgan fingerprint density at radius 1 is 1.17 bits per heavy atom. The van der Waals surface area contributed by atoms with Crippen LogP contribution in [0.5, 0.6) is 5.19 Å². The standard InChI is InChI=1S/C22H17ClN2O4S/c23-16-5-3-7-18-19(16)24-22(30-18)28-14-8-10-25(11-9-14)20(26)15-12-13-4-1-2-6-17(13)29-21(15)27/h1-7,12,14H,8-11H2. The number of ether oxygens (including phenoxy) is 1. The quantitative estimate of drug-likeness (QED) is 0.430. The van der Waals surface area contributed by atoms with Crippen LogP contribution in [0.1, 0.15) is 23.2 Å². The SMILES string of the molecule is O=C(c1cc2ccccc2oc1=O)N1CCC(Oc2nc3c(Cl)cccc3s2)CC1. The molecule has 1 fully saturated rings. The zero-order chi connectivity index (χ0) is 20.7. The molecule has 0 spiro atoms. The lowest BCUT2D eigenvalue weighted by Gasteiger charge is -2.31. The second-order valence-electron chi connectivity index (χ2n) is 7.16. The van der Waals surface area contributed by atoms with Gasteiger partial charge in [0.25, 0.3) is 11.1 Å². The van der Waals surface area contributed by atoms with Crippen LogP contribution in [0.3, 0.4) is 0 Å². The van der Waals surface area contributed by atoms with Crippen LogP contribution in [-0.2, 0) is 0 Å². The molecule has 0 N–H and O–H groups in total. The van der Waals surface area contributed by atoms with Crippen molar-refractivity contribution >= 4 is 50.0 Å². The molecule has 8 heteroatoms. The van der Waals surface area contributed by atoms with Crippen molar-refractivity contribution in [2.24, 2.45) is 0 Å². The van der Waals surface area contributed by atoms with Crippen molar-refractivity contribution in [3.63, 3.8) is 0 Å². The Balaban J connectivity index is 1.27. The Morgan fingerprint density at radius 2 is 1.97 bits per heavy atom. The molecule has 5 rings (SSSR count). The van der Waals surface area contributed by atoms with Crippen molar-refractivity contribution in [2.45, 2.75) is 18.9 Å². The van der Waals surface area contributed by atoms with Gasteiger partial charge in [-0.05, 0) is 24.3 Å². The van der Waals surface area contributed by atoms with E-state index in [4.69, 9.17) is 20.8 Å². The number of benzene rings is 2. The van der Waals surface area contributed by atoms with Crippen molar-refractivity contribution in [3.05, 3.63) is 69.5 Å². The highest BCUT2D eigenvalue weighted by atomic mass is 35.5. The van der Waals surface area contributed by atoms with E-state index in [1.54, 1.807) is 29.2 Å². The molecule has 0 unspecified atom stereocenters. The highest BCUT2D eigenvalue weighted by Crippen LogP contribution is 2.33. The smallest absolute Gasteiger partial charge is 0.349 e. The number of amides is 1. The molecule has 6 nitrogen and oxygen atoms in total. The summed E-state index contributed by atoms with van der Waals surface area (Å²) in [4.78, 5) is 31.3. The Labute approximate surface area is 180 Å². The largest absolute Gasteiger partial charge is 0.467 e. The van der Waals surface area contributed by atoms with Crippen molar-refractivity contribution in [3.8, 4) is 5.19 Å². The normalized spacial score (nSPS) is 15.0. The maximum atomic E-state index is 12.9. The molecule has 1 saturated heterocycles. The monoisotopic (exact) mass is 440 g/mol. The van der Waals surface area contributed by atoms with Gasteiger partial charge < -0.3 is 14.1 Å². The van der Waals surface area contributed by atoms with Gasteiger partial charge in [0.2, 0.25) is 0 Å². The topological polar surface area (TPSA) is 72.6 Å². The van der Waals surface area contributed by atoms with Gasteiger partial charge in [-0.15, -0.1) is 0 Å². The zero-order valence-corrected chi connectivity index (χ0v) is 17.4. The van der Waals surface area contributed by atoms with Crippen LogP contribution in [-0.4, -0.2) is 35.0 Å². The molecule has 2 aromatic heterocycles. The van der Waals surface area contributed by atoms with E-state index < -0.39 is 5.63 Å². The number of aromatic nitrogens is 1. The summed E-state index contributed by atoms with van der Waals surface area (Å²) in [6.07, 6.45) is 1.28. The minimum atomic E-state index is -0.608. The maximum absolute atomic E-state index is 12.9. The Kier molecular flexibility index (Phi) is 4.92. The van der Waals surface area contributed by atoms with Crippen molar-refractivity contribution in [2.75, 3.05) is 13.1 Å². The molecule has 2 aromatic carbocycles. The third kappa shape index (κ3) is 3.55. The fraction of sp³-hybridized carbons (Fsp3) is 0.227. The van der Waals surface area contributed by atoms with Crippen LogP contribution in [0.25, 0.3) is 21.2 Å². The molecule has 30 heavy (non-hydrogen) atoms. The first kappa shape index (κ1) is 19.1. The number of thiazole rings is 1. The molecular formula is C22H17ClN2O4S. The average Bonchev–Trinajstić information content (AvgIpc) is 3.17. The Bertz CT molecular complexity index is 1310. The van der Waals surface area contributed by atoms with E-state index in [0.717, 1.165) is 15.6 Å². The number of likely N-dealkylation sites (tertiary alicyclic amines) is 1. The van der Waals surface area contributed by atoms with Gasteiger partial charge >= 0.3 is 5.63 Å². The first-order valence-corrected chi connectivity index (χ1v) is 10.8. The number of nitrogens with zero attached hydrogens (tertiary/aromatic N) is 2. The number of halogens is 1. The third-order valence-corrected chi connectivity index (χ3v) is 6.44. The van der Waals surface area contributed by atoms with Crippen LogP contribution in [0, 0.1) is 0 Å². The van der Waals surface area contributed by atoms with Crippen LogP contribution in [0.4, 0.5) is 0 Å². The van der Waals surface area contributed by atoms with Crippen molar-refractivity contribution < 1.29 is 13.9 Å². The zero-order valence-electron chi connectivity index (χ0n) is 15.8. The van der Waals surface area contributed by atoms with E-state index in [-0.39, 0.29) is 17.6 Å². The van der Waals surface area contributed by atoms with Crippen molar-refractivity contribution in [1.29, 1.82) is 0 Å². The number of carbonyl (C=O) groups excluding carboxylic acids is 1. The number of carbonyl (C=O) groups is 1. The van der Waals surface area contributed by atoms with Crippen molar-refractivity contribution in [1.82, 2.24) is 9.88 Å². The minimum Gasteiger partial charge on any atom is -0.467 e. The van der Waals surface area contributed by atoms with Crippen LogP contribution in [0.15, 0.2) is 57.7 Å². The number of rotatable bonds is 3. The first-order chi connectivity index (χ1) is 14.6. The van der Waals surface area contributed by atoms with Gasteiger partial charge in [0, 0.05) is 31.3 Å². The van der Waals surface area contributed by atoms with Gasteiger partial charge in [0.05, 0.1) is 9.72 Å². The average molecular weight is 441 g/mol. The summed E-state index contributed by atoms with van der Waals surface area (Å²) in [5.74, 6) is -0.306. The molecule has 3 heterocycles. The van der Waals surface area contributed by atoms with E-state index >= 15 is 0 Å². The highest BCUT2D eigenvalue weighted by Gasteiger charge is 2.27. The van der Waals surface area contributed by atoms with Crippen LogP contribution in [0.2, 0.25) is 5.02 Å². The van der Waals surface area contributed by atoms with Crippen LogP contribution < -0.4 is 10.4 Å². The third-order valence-electron chi connectivity index (χ3n) is 5.22. The number of piperidine rings is 1. The Hall–Kier alpha value is -2.90. The molecule has 1 amide bonds. The molecule has 4 aromatic rings. The molecule has 0 bridgehead atoms. The number of hydrogen-bond acceptors (Lipinski definition) is 6. The predicted molar refractivity (Wildman–Crippen MR) is 117 cm³/mol. The summed E-state index contributed by atoms with van der Waals surface area (Å²) in [6.45, 7) is 1.00. The van der Waals surface area contributed by atoms with Gasteiger partial charge in [-0.2, -0.15) is 0 Å². The van der Waals surface area contributed by atoms with E-state index in [2.05, 4.69) is 4.98 Å². The highest BCUT2D eigenvalue weighted by molar-refractivity contribution is 7.20. The summed E-state index contributed by atoms with van der Waals surface area (Å²) >= 11 is 7.65. The van der Waals surface area contributed by atoms with E-state index in [0.29, 0.717) is 41.7 Å². The number of hydrogen-bond donors (Lipinski definition) is 0. The maximum Gasteiger partial charge on any atom is 0.349 e. The first-order valence-electron chi connectivity index (χ1n) is 9.62. The summed E-state index contributed by atoms with van der Waals surface area (Å²) in [6, 6.07) is 14.4. The summed E-state index contributed by atoms with van der Waals surface area (Å²) in [5.41, 5.74) is 0.675. The lowest BCUT2D eigenvalue weighted by Crippen LogP contribution is -2.43. The molecule has 0 saturated carbocycles. The second kappa shape index (κ2) is 7.74. The lowest BCUT2D eigenvalue weighted by atomic mass is 10.1. The molecular weight excluding hydrogens is 424 g/mol. The minimum absolute atomic E-state index is 0.0404. The van der Waals surface area contributed by atoms with E-state index in [9.17, 15) is 9.59 Å². The summed E-state index contributed by atoms with van der Waals surface area (Å²) in [5, 5.41) is 1.92. The van der Waals surface area contributed by atoms with Gasteiger partial charge in [0.1, 0.15) is 22.8 Å². The van der Waals surface area contributed by atoms with Gasteiger partial charge in [-0.1, -0.05) is 47.2 Å². The Morgan fingerprint density at radius 3 is 2.77 bits per heavy atom. The van der Waals surface area contributed by atoms with E-state index in [1.807, 2.05) is 24.3 Å². The molecule has 1 aliphatic rings. The number of para-hydroxylation sites is 2.